The minimum absolute atomic E-state index is 0.0585. The maximum atomic E-state index is 8.75. The Balaban J connectivity index is 1.76. The first-order chi connectivity index (χ1) is 9.78. The molecule has 2 saturated heterocycles. The molecule has 3 N–H and O–H groups in total. The molecule has 3 heterocycles. The number of hydrogen-bond donors (Lipinski definition) is 2. The van der Waals surface area contributed by atoms with Gasteiger partial charge in [0.05, 0.1) is 0 Å². The van der Waals surface area contributed by atoms with Gasteiger partial charge in [0.15, 0.2) is 5.84 Å². The van der Waals surface area contributed by atoms with Crippen molar-refractivity contribution in [3.63, 3.8) is 0 Å². The van der Waals surface area contributed by atoms with Crippen LogP contribution >= 0.6 is 0 Å². The van der Waals surface area contributed by atoms with Crippen LogP contribution in [0.3, 0.4) is 0 Å². The second-order valence-corrected chi connectivity index (χ2v) is 5.52. The van der Waals surface area contributed by atoms with Gasteiger partial charge in [-0.15, -0.1) is 0 Å². The van der Waals surface area contributed by atoms with Gasteiger partial charge in [-0.3, -0.25) is 9.88 Å². The van der Waals surface area contributed by atoms with Crippen LogP contribution < -0.4 is 10.6 Å². The molecule has 1 unspecified atom stereocenters. The minimum Gasteiger partial charge on any atom is -0.409 e. The van der Waals surface area contributed by atoms with Crippen molar-refractivity contribution in [2.45, 2.75) is 25.3 Å². The number of rotatable bonds is 2. The van der Waals surface area contributed by atoms with Gasteiger partial charge in [0.2, 0.25) is 0 Å². The Morgan fingerprint density at radius 2 is 2.25 bits per heavy atom. The summed E-state index contributed by atoms with van der Waals surface area (Å²) in [5, 5.41) is 11.8. The van der Waals surface area contributed by atoms with E-state index >= 15 is 0 Å². The number of aromatic nitrogens is 1. The zero-order valence-electron chi connectivity index (χ0n) is 11.6. The molecule has 0 saturated carbocycles. The fourth-order valence-electron chi connectivity index (χ4n) is 3.20. The molecule has 0 amide bonds. The van der Waals surface area contributed by atoms with Crippen LogP contribution in [0.1, 0.15) is 25.0 Å². The fourth-order valence-corrected chi connectivity index (χ4v) is 3.20. The van der Waals surface area contributed by atoms with E-state index in [1.54, 1.807) is 6.20 Å². The quantitative estimate of drug-likeness (QED) is 0.362. The molecule has 108 valence electrons. The van der Waals surface area contributed by atoms with Gasteiger partial charge in [-0.2, -0.15) is 0 Å². The maximum Gasteiger partial charge on any atom is 0.188 e. The third-order valence-electron chi connectivity index (χ3n) is 4.32. The summed E-state index contributed by atoms with van der Waals surface area (Å²) in [4.78, 5) is 9.11. The summed E-state index contributed by atoms with van der Waals surface area (Å²) >= 11 is 0. The Kier molecular flexibility index (Phi) is 3.73. The Bertz CT molecular complexity index is 504. The molecule has 0 aromatic carbocycles. The molecule has 0 spiro atoms. The summed E-state index contributed by atoms with van der Waals surface area (Å²) in [7, 11) is 0. The van der Waals surface area contributed by atoms with Crippen LogP contribution in [0.2, 0.25) is 0 Å². The van der Waals surface area contributed by atoms with Crippen LogP contribution in [-0.2, 0) is 0 Å². The van der Waals surface area contributed by atoms with Crippen LogP contribution in [0.4, 0.5) is 5.69 Å². The number of amidine groups is 1. The molecule has 6 nitrogen and oxygen atoms in total. The zero-order valence-corrected chi connectivity index (χ0v) is 11.6. The smallest absolute Gasteiger partial charge is 0.188 e. The molecule has 2 fully saturated rings. The van der Waals surface area contributed by atoms with Crippen molar-refractivity contribution >= 4 is 11.5 Å². The fraction of sp³-hybridized carbons (Fsp3) is 0.571. The SMILES string of the molecule is N/C(=N/O)c1cc(N2CCN3CCCCC3C2)ccn1. The van der Waals surface area contributed by atoms with Gasteiger partial charge in [0, 0.05) is 37.6 Å². The van der Waals surface area contributed by atoms with E-state index in [0.29, 0.717) is 11.7 Å². The number of oxime groups is 1. The summed E-state index contributed by atoms with van der Waals surface area (Å²) in [6.45, 7) is 4.44. The van der Waals surface area contributed by atoms with E-state index in [1.807, 2.05) is 12.1 Å². The summed E-state index contributed by atoms with van der Waals surface area (Å²) in [6, 6.07) is 4.55. The number of piperazine rings is 1. The number of nitrogens with two attached hydrogens (primary N) is 1. The summed E-state index contributed by atoms with van der Waals surface area (Å²) in [6.07, 6.45) is 5.67. The maximum absolute atomic E-state index is 8.75. The van der Waals surface area contributed by atoms with Gasteiger partial charge in [-0.1, -0.05) is 11.6 Å². The molecule has 1 aromatic rings. The highest BCUT2D eigenvalue weighted by Gasteiger charge is 2.29. The predicted molar refractivity (Wildman–Crippen MR) is 78.2 cm³/mol. The number of nitrogens with zero attached hydrogens (tertiary/aromatic N) is 4. The highest BCUT2D eigenvalue weighted by atomic mass is 16.4. The van der Waals surface area contributed by atoms with Gasteiger partial charge in [-0.05, 0) is 31.5 Å². The molecule has 1 atom stereocenters. The molecule has 0 radical (unpaired) electrons. The van der Waals surface area contributed by atoms with Crippen LogP contribution in [0.15, 0.2) is 23.5 Å². The molecular formula is C14H21N5O. The number of pyridine rings is 1. The van der Waals surface area contributed by atoms with Gasteiger partial charge in [0.1, 0.15) is 5.69 Å². The Labute approximate surface area is 118 Å². The van der Waals surface area contributed by atoms with Crippen molar-refractivity contribution in [3.8, 4) is 0 Å². The molecule has 1 aromatic heterocycles. The molecule has 3 rings (SSSR count). The van der Waals surface area contributed by atoms with Crippen molar-refractivity contribution < 1.29 is 5.21 Å². The molecule has 6 heteroatoms. The van der Waals surface area contributed by atoms with Crippen LogP contribution in [0, 0.1) is 0 Å². The van der Waals surface area contributed by atoms with E-state index in [2.05, 4.69) is 19.9 Å². The Morgan fingerprint density at radius 1 is 1.35 bits per heavy atom. The number of anilines is 1. The Morgan fingerprint density at radius 3 is 3.10 bits per heavy atom. The second kappa shape index (κ2) is 5.66. The van der Waals surface area contributed by atoms with Crippen LogP contribution in [0.5, 0.6) is 0 Å². The summed E-state index contributed by atoms with van der Waals surface area (Å²) < 4.78 is 0. The van der Waals surface area contributed by atoms with Crippen LogP contribution in [-0.4, -0.2) is 53.1 Å². The highest BCUT2D eigenvalue weighted by Crippen LogP contribution is 2.25. The normalized spacial score (nSPS) is 24.5. The van der Waals surface area contributed by atoms with Crippen molar-refractivity contribution in [2.24, 2.45) is 10.9 Å². The predicted octanol–water partition coefficient (Wildman–Crippen LogP) is 0.851. The molecule has 0 bridgehead atoms. The summed E-state index contributed by atoms with van der Waals surface area (Å²) in [5.74, 6) is 0.0585. The second-order valence-electron chi connectivity index (χ2n) is 5.52. The average Bonchev–Trinajstić information content (AvgIpc) is 2.53. The van der Waals surface area contributed by atoms with E-state index in [0.717, 1.165) is 25.3 Å². The van der Waals surface area contributed by atoms with E-state index in [-0.39, 0.29) is 5.84 Å². The van der Waals surface area contributed by atoms with Gasteiger partial charge in [-0.25, -0.2) is 0 Å². The summed E-state index contributed by atoms with van der Waals surface area (Å²) in [5.41, 5.74) is 7.24. The van der Waals surface area contributed by atoms with Gasteiger partial charge in [0.25, 0.3) is 0 Å². The van der Waals surface area contributed by atoms with E-state index < -0.39 is 0 Å². The zero-order chi connectivity index (χ0) is 13.9. The lowest BCUT2D eigenvalue weighted by Crippen LogP contribution is -2.54. The monoisotopic (exact) mass is 275 g/mol. The van der Waals surface area contributed by atoms with E-state index in [4.69, 9.17) is 10.9 Å². The number of fused-ring (bicyclic) bond motifs is 1. The Hall–Kier alpha value is -1.82. The lowest BCUT2D eigenvalue weighted by molar-refractivity contribution is 0.133. The van der Waals surface area contributed by atoms with Gasteiger partial charge >= 0.3 is 0 Å². The van der Waals surface area contributed by atoms with Crippen molar-refractivity contribution in [3.05, 3.63) is 24.0 Å². The molecule has 2 aliphatic rings. The molecule has 20 heavy (non-hydrogen) atoms. The van der Waals surface area contributed by atoms with Crippen molar-refractivity contribution in [1.82, 2.24) is 9.88 Å². The van der Waals surface area contributed by atoms with Crippen molar-refractivity contribution in [2.75, 3.05) is 31.1 Å². The van der Waals surface area contributed by atoms with Crippen LogP contribution in [0.25, 0.3) is 0 Å². The van der Waals surface area contributed by atoms with Crippen molar-refractivity contribution in [1.29, 1.82) is 0 Å². The third-order valence-corrected chi connectivity index (χ3v) is 4.32. The third kappa shape index (κ3) is 2.56. The van der Waals surface area contributed by atoms with Gasteiger partial charge < -0.3 is 15.8 Å². The number of hydrogen-bond acceptors (Lipinski definition) is 5. The average molecular weight is 275 g/mol. The topological polar surface area (TPSA) is 78.0 Å². The first kappa shape index (κ1) is 13.2. The van der Waals surface area contributed by atoms with E-state index in [9.17, 15) is 0 Å². The highest BCUT2D eigenvalue weighted by molar-refractivity contribution is 5.95. The lowest BCUT2D eigenvalue weighted by Gasteiger charge is -2.44. The lowest BCUT2D eigenvalue weighted by atomic mass is 9.99. The largest absolute Gasteiger partial charge is 0.409 e. The molecular weight excluding hydrogens is 254 g/mol. The van der Waals surface area contributed by atoms with E-state index in [1.165, 1.54) is 25.8 Å². The first-order valence-corrected chi connectivity index (χ1v) is 7.21. The standard InChI is InChI=1S/C14H21N5O/c15-14(17-20)13-9-11(4-5-16-13)19-8-7-18-6-2-1-3-12(18)10-19/h4-5,9,12,20H,1-3,6-8,10H2,(H2,15,17). The first-order valence-electron chi connectivity index (χ1n) is 7.21. The molecule has 0 aliphatic carbocycles. The molecule has 2 aliphatic heterocycles. The number of piperidine rings is 1. The minimum atomic E-state index is 0.0585.